The molecule has 0 aliphatic carbocycles. The third kappa shape index (κ3) is 3.46. The number of pyridine rings is 1. The number of aromatic nitrogens is 3. The molecule has 0 aliphatic rings. The minimum atomic E-state index is -0.761. The molecule has 1 aromatic carbocycles. The summed E-state index contributed by atoms with van der Waals surface area (Å²) in [6.45, 7) is 0. The summed E-state index contributed by atoms with van der Waals surface area (Å²) in [6.07, 6.45) is 1.93. The van der Waals surface area contributed by atoms with Gasteiger partial charge in [-0.3, -0.25) is 0 Å². The normalized spacial score (nSPS) is 11.6. The van der Waals surface area contributed by atoms with Gasteiger partial charge in [0.1, 0.15) is 0 Å². The van der Waals surface area contributed by atoms with Gasteiger partial charge in [0.15, 0.2) is 28.8 Å². The minimum Gasteiger partial charge on any atom is -0.494 e. The summed E-state index contributed by atoms with van der Waals surface area (Å²) in [4.78, 5) is 4.34. The molecule has 10 heteroatoms. The van der Waals surface area contributed by atoms with Gasteiger partial charge in [-0.05, 0) is 44.0 Å². The molecule has 0 fully saturated rings. The molecule has 1 unspecified atom stereocenters. The third-order valence-electron chi connectivity index (χ3n) is 3.65. The van der Waals surface area contributed by atoms with Crippen LogP contribution in [-0.2, 0) is 6.42 Å². The highest BCUT2D eigenvalue weighted by molar-refractivity contribution is 14.2. The summed E-state index contributed by atoms with van der Waals surface area (Å²) in [5.41, 5.74) is 1.04. The molecule has 0 saturated carbocycles. The van der Waals surface area contributed by atoms with E-state index < -0.39 is 11.6 Å². The van der Waals surface area contributed by atoms with Crippen molar-refractivity contribution in [2.24, 2.45) is 0 Å². The number of nitrogens with zero attached hydrogens (tertiary/aromatic N) is 3. The number of ether oxygens (including phenoxy) is 2. The average Bonchev–Trinajstić information content (AvgIpc) is 2.95. The summed E-state index contributed by atoms with van der Waals surface area (Å²) < 4.78 is 41.7. The predicted octanol–water partition coefficient (Wildman–Crippen LogP) is 4.87. The van der Waals surface area contributed by atoms with Crippen molar-refractivity contribution in [2.45, 2.75) is 6.42 Å². The fourth-order valence-electron chi connectivity index (χ4n) is 2.48. The quantitative estimate of drug-likeness (QED) is 0.341. The van der Waals surface area contributed by atoms with Crippen LogP contribution in [0.25, 0.3) is 11.0 Å². The van der Waals surface area contributed by atoms with E-state index in [-0.39, 0.29) is 23.5 Å². The minimum absolute atomic E-state index is 0.0476. The van der Waals surface area contributed by atoms with E-state index in [2.05, 4.69) is 48.1 Å². The van der Waals surface area contributed by atoms with Gasteiger partial charge in [-0.15, -0.1) is 0 Å². The number of methoxy groups -OCH3 is 2. The molecule has 3 rings (SSSR count). The van der Waals surface area contributed by atoms with Crippen molar-refractivity contribution in [3.63, 3.8) is 0 Å². The fraction of sp³-hybridized carbons (Fsp3) is 0.200. The first-order valence-electron chi connectivity index (χ1n) is 6.98. The standard InChI is InChI=1S/C15H12BrF2IN3O2P/c1-23-11-5-12(24-2)14(18)9(13(11)17)4-10-8-3-7(16)6-20-15(8)22(21-10)25-19/h3,5-6,25H,4H2,1-2H3. The monoisotopic (exact) mass is 541 g/mol. The molecule has 2 heterocycles. The zero-order chi connectivity index (χ0) is 18.1. The van der Waals surface area contributed by atoms with Gasteiger partial charge in [-0.2, -0.15) is 5.10 Å². The van der Waals surface area contributed by atoms with Crippen LogP contribution < -0.4 is 9.47 Å². The van der Waals surface area contributed by atoms with Gasteiger partial charge in [-0.1, -0.05) is 0 Å². The average molecular weight is 542 g/mol. The van der Waals surface area contributed by atoms with Crippen molar-refractivity contribution in [3.05, 3.63) is 45.7 Å². The van der Waals surface area contributed by atoms with Crippen LogP contribution in [0.3, 0.4) is 0 Å². The molecule has 132 valence electrons. The number of hydrogen-bond donors (Lipinski definition) is 0. The van der Waals surface area contributed by atoms with Crippen LogP contribution in [0.4, 0.5) is 8.78 Å². The van der Waals surface area contributed by atoms with Gasteiger partial charge < -0.3 is 9.47 Å². The molecular formula is C15H12BrF2IN3O2P. The molecule has 0 radical (unpaired) electrons. The van der Waals surface area contributed by atoms with Crippen LogP contribution >= 0.6 is 44.3 Å². The lowest BCUT2D eigenvalue weighted by molar-refractivity contribution is 0.354. The maximum absolute atomic E-state index is 14.6. The van der Waals surface area contributed by atoms with E-state index in [0.717, 1.165) is 9.86 Å². The molecule has 3 aromatic rings. The van der Waals surface area contributed by atoms with E-state index in [1.807, 2.05) is 6.07 Å². The molecule has 0 spiro atoms. The lowest BCUT2D eigenvalue weighted by atomic mass is 10.1. The molecule has 0 amide bonds. The molecule has 1 atom stereocenters. The van der Waals surface area contributed by atoms with Crippen molar-refractivity contribution in [2.75, 3.05) is 14.2 Å². The van der Waals surface area contributed by atoms with Crippen LogP contribution in [0, 0.1) is 11.6 Å². The third-order valence-corrected chi connectivity index (χ3v) is 5.93. The second-order valence-corrected chi connectivity index (χ2v) is 7.99. The van der Waals surface area contributed by atoms with Crippen molar-refractivity contribution in [1.29, 1.82) is 0 Å². The van der Waals surface area contributed by atoms with Crippen molar-refractivity contribution in [3.8, 4) is 11.5 Å². The Bertz CT molecular complexity index is 926. The SMILES string of the molecule is COc1cc(OC)c(F)c(Cc2nn(PI)c3ncc(Br)cc23)c1F. The Morgan fingerprint density at radius 1 is 1.20 bits per heavy atom. The molecule has 5 nitrogen and oxygen atoms in total. The van der Waals surface area contributed by atoms with Crippen LogP contribution in [0.2, 0.25) is 0 Å². The van der Waals surface area contributed by atoms with Gasteiger partial charge >= 0.3 is 0 Å². The largest absolute Gasteiger partial charge is 0.494 e. The molecule has 0 saturated heterocycles. The summed E-state index contributed by atoms with van der Waals surface area (Å²) in [5.74, 6) is -1.68. The Morgan fingerprint density at radius 3 is 2.40 bits per heavy atom. The van der Waals surface area contributed by atoms with E-state index in [1.54, 1.807) is 10.6 Å². The van der Waals surface area contributed by atoms with E-state index in [0.29, 0.717) is 17.7 Å². The zero-order valence-corrected chi connectivity index (χ0v) is 17.9. The Kier molecular flexibility index (Phi) is 5.75. The molecule has 0 bridgehead atoms. The van der Waals surface area contributed by atoms with Crippen molar-refractivity contribution in [1.82, 2.24) is 14.5 Å². The number of rotatable bonds is 5. The molecule has 25 heavy (non-hydrogen) atoms. The van der Waals surface area contributed by atoms with E-state index in [1.165, 1.54) is 20.3 Å². The Balaban J connectivity index is 2.18. The first-order valence-corrected chi connectivity index (χ1v) is 11.8. The van der Waals surface area contributed by atoms with Crippen LogP contribution in [0.5, 0.6) is 11.5 Å². The first kappa shape index (κ1) is 18.7. The van der Waals surface area contributed by atoms with Crippen LogP contribution in [0.1, 0.15) is 11.3 Å². The van der Waals surface area contributed by atoms with E-state index in [4.69, 9.17) is 9.47 Å². The molecule has 0 N–H and O–H groups in total. The zero-order valence-electron chi connectivity index (χ0n) is 13.1. The lowest BCUT2D eigenvalue weighted by Crippen LogP contribution is -2.04. The van der Waals surface area contributed by atoms with Crippen LogP contribution in [0.15, 0.2) is 22.8 Å². The maximum Gasteiger partial charge on any atom is 0.171 e. The second kappa shape index (κ2) is 7.67. The highest BCUT2D eigenvalue weighted by atomic mass is 127. The summed E-state index contributed by atoms with van der Waals surface area (Å²) in [6, 6.07) is 3.03. The van der Waals surface area contributed by atoms with Gasteiger partial charge in [-0.25, -0.2) is 18.2 Å². The summed E-state index contributed by atoms with van der Waals surface area (Å²) in [7, 11) is 2.64. The van der Waals surface area contributed by atoms with E-state index >= 15 is 0 Å². The smallest absolute Gasteiger partial charge is 0.171 e. The Morgan fingerprint density at radius 2 is 1.84 bits per heavy atom. The Hall–Kier alpha value is -1.06. The number of fused-ring (bicyclic) bond motifs is 1. The molecule has 0 aliphatic heterocycles. The van der Waals surface area contributed by atoms with Gasteiger partial charge in [0, 0.05) is 34.1 Å². The van der Waals surface area contributed by atoms with Crippen molar-refractivity contribution < 1.29 is 18.3 Å². The van der Waals surface area contributed by atoms with Gasteiger partial charge in [0.05, 0.1) is 26.3 Å². The highest BCUT2D eigenvalue weighted by Crippen LogP contribution is 2.35. The molecule has 2 aromatic heterocycles. The fourth-order valence-corrected chi connectivity index (χ4v) is 4.24. The highest BCUT2D eigenvalue weighted by Gasteiger charge is 2.23. The van der Waals surface area contributed by atoms with Crippen LogP contribution in [-0.4, -0.2) is 28.8 Å². The topological polar surface area (TPSA) is 49.2 Å². The lowest BCUT2D eigenvalue weighted by Gasteiger charge is -2.12. The van der Waals surface area contributed by atoms with Gasteiger partial charge in [0.25, 0.3) is 0 Å². The number of hydrogen-bond acceptors (Lipinski definition) is 4. The predicted molar refractivity (Wildman–Crippen MR) is 105 cm³/mol. The Labute approximate surface area is 165 Å². The number of halogens is 4. The first-order chi connectivity index (χ1) is 12.0. The number of benzene rings is 1. The maximum atomic E-state index is 14.6. The summed E-state index contributed by atoms with van der Waals surface area (Å²) in [5, 5.41) is 5.20. The van der Waals surface area contributed by atoms with Crippen molar-refractivity contribution >= 4 is 55.4 Å². The molecular weight excluding hydrogens is 530 g/mol. The second-order valence-electron chi connectivity index (χ2n) is 5.03. The van der Waals surface area contributed by atoms with Gasteiger partial charge in [0.2, 0.25) is 0 Å². The van der Waals surface area contributed by atoms with E-state index in [9.17, 15) is 8.78 Å². The summed E-state index contributed by atoms with van der Waals surface area (Å²) >= 11 is 5.55.